The Hall–Kier alpha value is -5.12. The number of carbonyl (C=O) groups excluding carboxylic acids is 1. The van der Waals surface area contributed by atoms with Gasteiger partial charge in [-0.05, 0) is 43.2 Å². The van der Waals surface area contributed by atoms with Crippen molar-refractivity contribution in [1.29, 1.82) is 0 Å². The third kappa shape index (κ3) is 5.13. The first-order valence-electron chi connectivity index (χ1n) is 11.4. The van der Waals surface area contributed by atoms with E-state index in [1.807, 2.05) is 44.2 Å². The monoisotopic (exact) mass is 494 g/mol. The van der Waals surface area contributed by atoms with E-state index in [4.69, 9.17) is 4.74 Å². The summed E-state index contributed by atoms with van der Waals surface area (Å²) < 4.78 is 7.22. The Kier molecular flexibility index (Phi) is 6.29. The molecular weight excluding hydrogens is 472 g/mol. The summed E-state index contributed by atoms with van der Waals surface area (Å²) in [5, 5.41) is 19.6. The number of aromatic nitrogens is 4. The van der Waals surface area contributed by atoms with Crippen molar-refractivity contribution in [3.05, 3.63) is 101 Å². The van der Waals surface area contributed by atoms with E-state index in [0.717, 1.165) is 27.8 Å². The molecule has 0 unspecified atom stereocenters. The second kappa shape index (κ2) is 9.86. The maximum atomic E-state index is 13.0. The lowest BCUT2D eigenvalue weighted by Crippen LogP contribution is -2.20. The van der Waals surface area contributed by atoms with E-state index in [-0.39, 0.29) is 23.7 Å². The average Bonchev–Trinajstić information content (AvgIpc) is 3.20. The number of hydrogen-bond donors (Lipinski definition) is 1. The smallest absolute Gasteiger partial charge is 0.275 e. The molecule has 0 atom stereocenters. The Labute approximate surface area is 211 Å². The van der Waals surface area contributed by atoms with E-state index in [1.54, 1.807) is 24.5 Å². The average molecular weight is 495 g/mol. The first-order chi connectivity index (χ1) is 17.9. The number of anilines is 1. The van der Waals surface area contributed by atoms with Gasteiger partial charge in [-0.3, -0.25) is 19.9 Å². The molecule has 0 saturated carbocycles. The normalized spacial score (nSPS) is 10.9. The maximum Gasteiger partial charge on any atom is 0.275 e. The van der Waals surface area contributed by atoms with Crippen LogP contribution in [0.2, 0.25) is 0 Å². The van der Waals surface area contributed by atoms with Gasteiger partial charge in [-0.25, -0.2) is 9.67 Å². The first-order valence-corrected chi connectivity index (χ1v) is 11.4. The number of hydrogen-bond acceptors (Lipinski definition) is 7. The summed E-state index contributed by atoms with van der Waals surface area (Å²) in [6.45, 7) is 3.78. The van der Waals surface area contributed by atoms with Crippen LogP contribution in [-0.4, -0.2) is 30.6 Å². The molecule has 1 N–H and O–H groups in total. The predicted octanol–water partition coefficient (Wildman–Crippen LogP) is 5.45. The second-order valence-electron chi connectivity index (χ2n) is 8.48. The van der Waals surface area contributed by atoms with Gasteiger partial charge in [-0.2, -0.15) is 5.10 Å². The quantitative estimate of drug-likeness (QED) is 0.236. The number of pyridine rings is 2. The summed E-state index contributed by atoms with van der Waals surface area (Å²) in [5.74, 6) is 0.191. The van der Waals surface area contributed by atoms with E-state index >= 15 is 0 Å². The lowest BCUT2D eigenvalue weighted by molar-refractivity contribution is -0.384. The van der Waals surface area contributed by atoms with Gasteiger partial charge in [0.25, 0.3) is 5.69 Å². The zero-order valence-electron chi connectivity index (χ0n) is 20.1. The zero-order valence-corrected chi connectivity index (χ0v) is 20.1. The summed E-state index contributed by atoms with van der Waals surface area (Å²) in [7, 11) is 0. The fourth-order valence-electron chi connectivity index (χ4n) is 4.07. The van der Waals surface area contributed by atoms with E-state index in [1.165, 1.54) is 29.1 Å². The van der Waals surface area contributed by atoms with Gasteiger partial charge < -0.3 is 10.1 Å². The van der Waals surface area contributed by atoms with Gasteiger partial charge in [-0.1, -0.05) is 29.8 Å². The highest BCUT2D eigenvalue weighted by Crippen LogP contribution is 2.31. The van der Waals surface area contributed by atoms with Crippen LogP contribution in [0.5, 0.6) is 11.5 Å². The van der Waals surface area contributed by atoms with Gasteiger partial charge >= 0.3 is 0 Å². The molecule has 3 heterocycles. The Morgan fingerprint density at radius 1 is 1.05 bits per heavy atom. The molecule has 0 spiro atoms. The molecule has 10 nitrogen and oxygen atoms in total. The molecule has 0 saturated heterocycles. The SMILES string of the molecule is Cc1ccc(-c2ccnc3c2c(C)nn3CC(=O)Nc2cc(Oc3cccnc3)cc([N+](=O)[O-])c2)cc1. The molecule has 37 heavy (non-hydrogen) atoms. The minimum absolute atomic E-state index is 0.129. The van der Waals surface area contributed by atoms with Crippen molar-refractivity contribution in [2.75, 3.05) is 5.32 Å². The fraction of sp³-hybridized carbons (Fsp3) is 0.111. The van der Waals surface area contributed by atoms with Gasteiger partial charge in [0.1, 0.15) is 18.0 Å². The molecule has 0 aliphatic heterocycles. The van der Waals surface area contributed by atoms with Gasteiger partial charge in [0.15, 0.2) is 5.65 Å². The molecule has 0 radical (unpaired) electrons. The fourth-order valence-corrected chi connectivity index (χ4v) is 4.07. The van der Waals surface area contributed by atoms with Crippen LogP contribution in [0.25, 0.3) is 22.2 Å². The van der Waals surface area contributed by atoms with Crippen LogP contribution in [0.15, 0.2) is 79.3 Å². The highest BCUT2D eigenvalue weighted by molar-refractivity contribution is 5.96. The van der Waals surface area contributed by atoms with E-state index in [9.17, 15) is 14.9 Å². The summed E-state index contributed by atoms with van der Waals surface area (Å²) in [4.78, 5) is 32.3. The highest BCUT2D eigenvalue weighted by Gasteiger charge is 2.18. The van der Waals surface area contributed by atoms with Gasteiger partial charge in [0, 0.05) is 29.9 Å². The van der Waals surface area contributed by atoms with E-state index in [2.05, 4.69) is 20.4 Å². The molecule has 184 valence electrons. The Morgan fingerprint density at radius 2 is 1.86 bits per heavy atom. The number of nitro benzene ring substituents is 1. The third-order valence-corrected chi connectivity index (χ3v) is 5.72. The van der Waals surface area contributed by atoms with Crippen LogP contribution in [0.4, 0.5) is 11.4 Å². The molecular formula is C27H22N6O4. The number of aryl methyl sites for hydroxylation is 2. The number of nitrogens with zero attached hydrogens (tertiary/aromatic N) is 5. The minimum Gasteiger partial charge on any atom is -0.455 e. The summed E-state index contributed by atoms with van der Waals surface area (Å²) in [6.07, 6.45) is 4.76. The van der Waals surface area contributed by atoms with Crippen LogP contribution < -0.4 is 10.1 Å². The molecule has 2 aromatic carbocycles. The second-order valence-corrected chi connectivity index (χ2v) is 8.48. The first kappa shape index (κ1) is 23.6. The number of ether oxygens (including phenoxy) is 1. The Balaban J connectivity index is 1.41. The van der Waals surface area contributed by atoms with E-state index < -0.39 is 10.8 Å². The molecule has 5 aromatic rings. The van der Waals surface area contributed by atoms with Crippen LogP contribution in [0.1, 0.15) is 11.3 Å². The molecule has 0 fully saturated rings. The number of benzene rings is 2. The van der Waals surface area contributed by atoms with Crippen molar-refractivity contribution < 1.29 is 14.5 Å². The van der Waals surface area contributed by atoms with Crippen molar-refractivity contribution in [3.63, 3.8) is 0 Å². The molecule has 1 amide bonds. The summed E-state index contributed by atoms with van der Waals surface area (Å²) in [6, 6.07) is 17.5. The highest BCUT2D eigenvalue weighted by atomic mass is 16.6. The van der Waals surface area contributed by atoms with Crippen LogP contribution in [0, 0.1) is 24.0 Å². The maximum absolute atomic E-state index is 13.0. The summed E-state index contributed by atoms with van der Waals surface area (Å²) in [5.41, 5.74) is 4.49. The molecule has 10 heteroatoms. The number of non-ortho nitro benzene ring substituents is 1. The Bertz CT molecular complexity index is 1610. The molecule has 3 aromatic heterocycles. The number of carbonyl (C=O) groups is 1. The van der Waals surface area contributed by atoms with Crippen LogP contribution >= 0.6 is 0 Å². The number of amides is 1. The lowest BCUT2D eigenvalue weighted by atomic mass is 10.0. The van der Waals surface area contributed by atoms with Crippen molar-refractivity contribution >= 4 is 28.3 Å². The van der Waals surface area contributed by atoms with Crippen molar-refractivity contribution in [3.8, 4) is 22.6 Å². The van der Waals surface area contributed by atoms with Crippen LogP contribution in [-0.2, 0) is 11.3 Å². The van der Waals surface area contributed by atoms with Gasteiger partial charge in [0.2, 0.25) is 5.91 Å². The lowest BCUT2D eigenvalue weighted by Gasteiger charge is -2.10. The largest absolute Gasteiger partial charge is 0.455 e. The standard InChI is InChI=1S/C27H22N6O4/c1-17-5-7-19(8-6-17)24-9-11-29-27-26(24)18(2)31-32(27)16-25(34)30-20-12-21(33(35)36)14-23(13-20)37-22-4-3-10-28-15-22/h3-15H,16H2,1-2H3,(H,30,34). The number of nitrogens with one attached hydrogen (secondary N) is 1. The third-order valence-electron chi connectivity index (χ3n) is 5.72. The molecule has 5 rings (SSSR count). The molecule has 0 bridgehead atoms. The molecule has 0 aliphatic rings. The predicted molar refractivity (Wildman–Crippen MR) is 138 cm³/mol. The summed E-state index contributed by atoms with van der Waals surface area (Å²) >= 11 is 0. The minimum atomic E-state index is -0.549. The Morgan fingerprint density at radius 3 is 2.59 bits per heavy atom. The van der Waals surface area contributed by atoms with Gasteiger partial charge in [0.05, 0.1) is 28.6 Å². The van der Waals surface area contributed by atoms with Crippen molar-refractivity contribution in [2.24, 2.45) is 0 Å². The number of rotatable bonds is 7. The van der Waals surface area contributed by atoms with Gasteiger partial charge in [-0.15, -0.1) is 0 Å². The number of nitro groups is 1. The topological polar surface area (TPSA) is 125 Å². The van der Waals surface area contributed by atoms with E-state index in [0.29, 0.717) is 11.4 Å². The molecule has 0 aliphatic carbocycles. The van der Waals surface area contributed by atoms with Crippen LogP contribution in [0.3, 0.4) is 0 Å². The van der Waals surface area contributed by atoms with Crippen molar-refractivity contribution in [1.82, 2.24) is 19.7 Å². The zero-order chi connectivity index (χ0) is 25.9. The van der Waals surface area contributed by atoms with Crippen molar-refractivity contribution in [2.45, 2.75) is 20.4 Å². The number of fused-ring (bicyclic) bond motifs is 1.